The minimum atomic E-state index is -0.309. The van der Waals surface area contributed by atoms with E-state index in [1.165, 1.54) is 11.1 Å². The van der Waals surface area contributed by atoms with Gasteiger partial charge in [-0.1, -0.05) is 66.7 Å². The summed E-state index contributed by atoms with van der Waals surface area (Å²) < 4.78 is 5.12. The summed E-state index contributed by atoms with van der Waals surface area (Å²) in [5, 5.41) is 8.82. The van der Waals surface area contributed by atoms with Crippen LogP contribution >= 0.6 is 0 Å². The fraction of sp³-hybridized carbons (Fsp3) is 0. The van der Waals surface area contributed by atoms with Gasteiger partial charge in [0, 0.05) is 0 Å². The molecular formula is C18H15BO2. The minimum Gasteiger partial charge on any atom is -0.539 e. The molecule has 0 atom stereocenters. The first kappa shape index (κ1) is 13.5. The lowest BCUT2D eigenvalue weighted by molar-refractivity contribution is 0.454. The summed E-state index contributed by atoms with van der Waals surface area (Å²) in [6.45, 7) is 0. The Kier molecular flexibility index (Phi) is 4.03. The predicted octanol–water partition coefficient (Wildman–Crippen LogP) is 3.66. The second kappa shape index (κ2) is 6.29. The van der Waals surface area contributed by atoms with Crippen LogP contribution in [0.5, 0.6) is 5.75 Å². The molecule has 0 spiro atoms. The first-order chi connectivity index (χ1) is 10.4. The van der Waals surface area contributed by atoms with Crippen LogP contribution in [0.3, 0.4) is 0 Å². The van der Waals surface area contributed by atoms with Gasteiger partial charge >= 0.3 is 7.69 Å². The molecule has 3 aromatic carbocycles. The standard InChI is InChI=1S/C18H15BO2/c20-19-21-18-8-4-7-17(13-18)16-11-9-15(10-12-16)14-5-2-1-3-6-14/h1-13,19-20H. The molecule has 3 aromatic rings. The summed E-state index contributed by atoms with van der Waals surface area (Å²) in [7, 11) is -0.309. The first-order valence-electron chi connectivity index (χ1n) is 6.86. The van der Waals surface area contributed by atoms with E-state index in [1.54, 1.807) is 0 Å². The van der Waals surface area contributed by atoms with Gasteiger partial charge in [0.2, 0.25) is 0 Å². The summed E-state index contributed by atoms with van der Waals surface area (Å²) >= 11 is 0. The fourth-order valence-corrected chi connectivity index (χ4v) is 2.33. The molecule has 0 saturated carbocycles. The van der Waals surface area contributed by atoms with Crippen LogP contribution in [0.25, 0.3) is 22.3 Å². The Morgan fingerprint density at radius 3 is 1.86 bits per heavy atom. The molecule has 3 rings (SSSR count). The van der Waals surface area contributed by atoms with Crippen LogP contribution in [0.1, 0.15) is 0 Å². The highest BCUT2D eigenvalue weighted by molar-refractivity contribution is 6.17. The summed E-state index contributed by atoms with van der Waals surface area (Å²) in [6.07, 6.45) is 0. The van der Waals surface area contributed by atoms with Crippen LogP contribution in [0.15, 0.2) is 78.9 Å². The van der Waals surface area contributed by atoms with E-state index in [1.807, 2.05) is 42.5 Å². The molecule has 0 aliphatic heterocycles. The van der Waals surface area contributed by atoms with Gasteiger partial charge in [0.05, 0.1) is 0 Å². The van der Waals surface area contributed by atoms with Crippen molar-refractivity contribution in [3.63, 3.8) is 0 Å². The number of hydrogen-bond donors (Lipinski definition) is 1. The Balaban J connectivity index is 1.89. The van der Waals surface area contributed by atoms with Gasteiger partial charge in [-0.15, -0.1) is 0 Å². The molecule has 3 heteroatoms. The van der Waals surface area contributed by atoms with Gasteiger partial charge in [-0.2, -0.15) is 0 Å². The zero-order valence-electron chi connectivity index (χ0n) is 11.6. The topological polar surface area (TPSA) is 29.5 Å². The maximum atomic E-state index is 8.82. The molecule has 102 valence electrons. The van der Waals surface area contributed by atoms with Crippen molar-refractivity contribution in [2.24, 2.45) is 0 Å². The molecule has 0 unspecified atom stereocenters. The lowest BCUT2D eigenvalue weighted by atomic mass is 10.0. The maximum absolute atomic E-state index is 8.82. The minimum absolute atomic E-state index is 0.309. The van der Waals surface area contributed by atoms with Crippen LogP contribution in [0.4, 0.5) is 0 Å². The SMILES string of the molecule is OBOc1cccc(-c2ccc(-c3ccccc3)cc2)c1. The quantitative estimate of drug-likeness (QED) is 0.736. The van der Waals surface area contributed by atoms with Crippen molar-refractivity contribution in [1.29, 1.82) is 0 Å². The van der Waals surface area contributed by atoms with Gasteiger partial charge in [-0.05, 0) is 34.4 Å². The van der Waals surface area contributed by atoms with Crippen molar-refractivity contribution in [3.05, 3.63) is 78.9 Å². The van der Waals surface area contributed by atoms with Gasteiger partial charge in [0.15, 0.2) is 0 Å². The Bertz CT molecular complexity index is 709. The molecule has 0 heterocycles. The van der Waals surface area contributed by atoms with Crippen LogP contribution in [0, 0.1) is 0 Å². The molecule has 21 heavy (non-hydrogen) atoms. The third-order valence-corrected chi connectivity index (χ3v) is 3.39. The molecule has 0 aliphatic rings. The summed E-state index contributed by atoms with van der Waals surface area (Å²) in [5.74, 6) is 0.669. The monoisotopic (exact) mass is 274 g/mol. The molecule has 0 aliphatic carbocycles. The average molecular weight is 274 g/mol. The van der Waals surface area contributed by atoms with E-state index >= 15 is 0 Å². The summed E-state index contributed by atoms with van der Waals surface area (Å²) in [6, 6.07) is 26.4. The Morgan fingerprint density at radius 1 is 0.619 bits per heavy atom. The highest BCUT2D eigenvalue weighted by Crippen LogP contribution is 2.26. The van der Waals surface area contributed by atoms with Crippen LogP contribution in [-0.2, 0) is 0 Å². The van der Waals surface area contributed by atoms with Crippen molar-refractivity contribution < 1.29 is 9.68 Å². The largest absolute Gasteiger partial charge is 0.539 e. The number of rotatable bonds is 4. The molecule has 0 radical (unpaired) electrons. The van der Waals surface area contributed by atoms with Gasteiger partial charge in [0.1, 0.15) is 5.75 Å². The molecule has 0 bridgehead atoms. The maximum Gasteiger partial charge on any atom is 0.504 e. The first-order valence-corrected chi connectivity index (χ1v) is 6.86. The third kappa shape index (κ3) is 3.15. The summed E-state index contributed by atoms with van der Waals surface area (Å²) in [5.41, 5.74) is 4.60. The lowest BCUT2D eigenvalue weighted by Crippen LogP contribution is -1.99. The molecular weight excluding hydrogens is 259 g/mol. The zero-order valence-corrected chi connectivity index (χ0v) is 11.6. The summed E-state index contributed by atoms with van der Waals surface area (Å²) in [4.78, 5) is 0. The normalized spacial score (nSPS) is 10.1. The molecule has 0 saturated heterocycles. The number of benzene rings is 3. The Labute approximate surface area is 125 Å². The molecule has 2 nitrogen and oxygen atoms in total. The van der Waals surface area contributed by atoms with E-state index in [9.17, 15) is 0 Å². The van der Waals surface area contributed by atoms with Gasteiger partial charge < -0.3 is 9.68 Å². The van der Waals surface area contributed by atoms with E-state index in [0.717, 1.165) is 11.1 Å². The van der Waals surface area contributed by atoms with E-state index in [0.29, 0.717) is 5.75 Å². The second-order valence-electron chi connectivity index (χ2n) is 4.74. The van der Waals surface area contributed by atoms with Gasteiger partial charge in [-0.25, -0.2) is 0 Å². The van der Waals surface area contributed by atoms with Crippen LogP contribution in [-0.4, -0.2) is 12.7 Å². The zero-order chi connectivity index (χ0) is 14.5. The Morgan fingerprint density at radius 2 is 1.19 bits per heavy atom. The predicted molar refractivity (Wildman–Crippen MR) is 87.3 cm³/mol. The molecule has 0 amide bonds. The van der Waals surface area contributed by atoms with Gasteiger partial charge in [0.25, 0.3) is 0 Å². The molecule has 0 fully saturated rings. The van der Waals surface area contributed by atoms with Crippen molar-refractivity contribution in [1.82, 2.24) is 0 Å². The highest BCUT2D eigenvalue weighted by Gasteiger charge is 2.02. The molecule has 0 aromatic heterocycles. The fourth-order valence-electron chi connectivity index (χ4n) is 2.33. The van der Waals surface area contributed by atoms with E-state index in [2.05, 4.69) is 36.4 Å². The van der Waals surface area contributed by atoms with Crippen molar-refractivity contribution in [2.75, 3.05) is 0 Å². The lowest BCUT2D eigenvalue weighted by Gasteiger charge is -2.07. The van der Waals surface area contributed by atoms with Gasteiger partial charge in [-0.3, -0.25) is 0 Å². The third-order valence-electron chi connectivity index (χ3n) is 3.39. The van der Waals surface area contributed by atoms with E-state index < -0.39 is 0 Å². The number of hydrogen-bond acceptors (Lipinski definition) is 2. The van der Waals surface area contributed by atoms with Crippen LogP contribution < -0.4 is 4.65 Å². The van der Waals surface area contributed by atoms with Crippen molar-refractivity contribution in [2.45, 2.75) is 0 Å². The highest BCUT2D eigenvalue weighted by atomic mass is 16.5. The van der Waals surface area contributed by atoms with Crippen molar-refractivity contribution >= 4 is 7.69 Å². The van der Waals surface area contributed by atoms with E-state index in [-0.39, 0.29) is 7.69 Å². The Hall–Kier alpha value is -2.52. The van der Waals surface area contributed by atoms with Crippen molar-refractivity contribution in [3.8, 4) is 28.0 Å². The smallest absolute Gasteiger partial charge is 0.504 e. The second-order valence-corrected chi connectivity index (χ2v) is 4.74. The average Bonchev–Trinajstić information content (AvgIpc) is 2.56. The molecule has 1 N–H and O–H groups in total. The van der Waals surface area contributed by atoms with E-state index in [4.69, 9.17) is 9.68 Å². The van der Waals surface area contributed by atoms with Crippen LogP contribution in [0.2, 0.25) is 0 Å².